The number of aryl methyl sites for hydroxylation is 1. The van der Waals surface area contributed by atoms with Gasteiger partial charge in [0.15, 0.2) is 5.11 Å². The molecule has 8 nitrogen and oxygen atoms in total. The predicted molar refractivity (Wildman–Crippen MR) is 165 cm³/mol. The molecule has 4 N–H and O–H groups in total. The van der Waals surface area contributed by atoms with Crippen LogP contribution in [0.1, 0.15) is 11.1 Å². The van der Waals surface area contributed by atoms with Crippen LogP contribution in [-0.2, 0) is 21.3 Å². The lowest BCUT2D eigenvalue weighted by molar-refractivity contribution is -0.115. The molecule has 0 aliphatic rings. The fourth-order valence-corrected chi connectivity index (χ4v) is 6.67. The lowest BCUT2D eigenvalue weighted by Crippen LogP contribution is -2.19. The Hall–Kier alpha value is -4.16. The molecule has 11 heteroatoms. The molecule has 5 rings (SSSR count). The van der Waals surface area contributed by atoms with E-state index >= 15 is 0 Å². The first kappa shape index (κ1) is 27.4. The van der Waals surface area contributed by atoms with Crippen molar-refractivity contribution < 1.29 is 17.8 Å². The Morgan fingerprint density at radius 2 is 1.45 bits per heavy atom. The highest BCUT2D eigenvalue weighted by atomic mass is 32.2. The van der Waals surface area contributed by atoms with Gasteiger partial charge in [-0.25, -0.2) is 4.98 Å². The molecule has 5 aromatic rings. The molecule has 0 unspecified atom stereocenters. The summed E-state index contributed by atoms with van der Waals surface area (Å²) in [5.41, 5.74) is 4.88. The largest absolute Gasteiger partial charge is 0.332 e. The van der Waals surface area contributed by atoms with Gasteiger partial charge in [-0.1, -0.05) is 36.4 Å². The van der Waals surface area contributed by atoms with Crippen LogP contribution in [0.3, 0.4) is 0 Å². The zero-order valence-electron chi connectivity index (χ0n) is 21.2. The van der Waals surface area contributed by atoms with E-state index in [1.807, 2.05) is 54.6 Å². The van der Waals surface area contributed by atoms with Crippen molar-refractivity contribution in [2.24, 2.45) is 0 Å². The lowest BCUT2D eigenvalue weighted by atomic mass is 10.1. The second-order valence-electron chi connectivity index (χ2n) is 9.00. The minimum atomic E-state index is -4.38. The van der Waals surface area contributed by atoms with Crippen LogP contribution in [0.5, 0.6) is 0 Å². The number of nitrogens with zero attached hydrogens (tertiary/aromatic N) is 1. The first-order chi connectivity index (χ1) is 19.2. The first-order valence-electron chi connectivity index (χ1n) is 12.2. The third-order valence-corrected chi connectivity index (χ3v) is 8.50. The van der Waals surface area contributed by atoms with Crippen molar-refractivity contribution in [3.63, 3.8) is 0 Å². The van der Waals surface area contributed by atoms with E-state index in [1.165, 1.54) is 11.3 Å². The number of benzene rings is 4. The maximum atomic E-state index is 12.6. The highest BCUT2D eigenvalue weighted by molar-refractivity contribution is 7.86. The third kappa shape index (κ3) is 6.52. The van der Waals surface area contributed by atoms with Gasteiger partial charge < -0.3 is 16.0 Å². The van der Waals surface area contributed by atoms with Crippen LogP contribution in [0.25, 0.3) is 20.8 Å². The summed E-state index contributed by atoms with van der Waals surface area (Å²) in [5, 5.41) is 10.2. The van der Waals surface area contributed by atoms with Gasteiger partial charge in [-0.2, -0.15) is 8.42 Å². The minimum absolute atomic E-state index is 0.118. The lowest BCUT2D eigenvalue weighted by Gasteiger charge is -2.11. The quantitative estimate of drug-likeness (QED) is 0.125. The summed E-state index contributed by atoms with van der Waals surface area (Å²) in [6, 6.07) is 27.6. The SMILES string of the molecule is Cc1ccc2nc(-c3ccc(NC(=O)Cc4ccc(NC(=S)Nc5ccccc5)cc4)cc3)sc2c1S(=O)(=O)O. The minimum Gasteiger partial charge on any atom is -0.332 e. The molecule has 1 heterocycles. The average Bonchev–Trinajstić information content (AvgIpc) is 3.34. The zero-order chi connectivity index (χ0) is 28.3. The van der Waals surface area contributed by atoms with E-state index in [0.29, 0.717) is 31.6 Å². The molecular weight excluding hydrogens is 565 g/mol. The van der Waals surface area contributed by atoms with Gasteiger partial charge in [-0.3, -0.25) is 9.35 Å². The van der Waals surface area contributed by atoms with E-state index in [4.69, 9.17) is 12.2 Å². The van der Waals surface area contributed by atoms with E-state index in [0.717, 1.165) is 22.5 Å². The van der Waals surface area contributed by atoms with Crippen molar-refractivity contribution in [1.29, 1.82) is 0 Å². The van der Waals surface area contributed by atoms with Crippen LogP contribution in [0.15, 0.2) is 95.9 Å². The molecule has 0 fully saturated rings. The van der Waals surface area contributed by atoms with E-state index in [-0.39, 0.29) is 17.2 Å². The number of anilines is 3. The zero-order valence-corrected chi connectivity index (χ0v) is 23.7. The standard InChI is InChI=1S/C29H24N4O4S3/c1-18-7-16-24-26(27(18)40(35,36)37)39-28(33-24)20-10-14-22(15-11-20)30-25(34)17-19-8-12-23(13-9-19)32-29(38)31-21-5-3-2-4-6-21/h2-16H,17H2,1H3,(H,30,34)(H2,31,32,38)(H,35,36,37). The maximum absolute atomic E-state index is 12.6. The predicted octanol–water partition coefficient (Wildman–Crippen LogP) is 6.51. The van der Waals surface area contributed by atoms with E-state index in [1.54, 1.807) is 43.3 Å². The Kier molecular flexibility index (Phi) is 7.90. The van der Waals surface area contributed by atoms with Crippen molar-refractivity contribution in [2.45, 2.75) is 18.2 Å². The number of fused-ring (bicyclic) bond motifs is 1. The molecule has 0 bridgehead atoms. The van der Waals surface area contributed by atoms with Gasteiger partial charge in [0.2, 0.25) is 5.91 Å². The van der Waals surface area contributed by atoms with E-state index in [2.05, 4.69) is 20.9 Å². The Morgan fingerprint density at radius 1 is 0.850 bits per heavy atom. The molecule has 1 aromatic heterocycles. The van der Waals surface area contributed by atoms with Crippen LogP contribution in [0.4, 0.5) is 17.1 Å². The maximum Gasteiger partial charge on any atom is 0.296 e. The Morgan fingerprint density at radius 3 is 2.10 bits per heavy atom. The van der Waals surface area contributed by atoms with Crippen LogP contribution in [0.2, 0.25) is 0 Å². The van der Waals surface area contributed by atoms with Gasteiger partial charge >= 0.3 is 0 Å². The third-order valence-electron chi connectivity index (χ3n) is 5.99. The highest BCUT2D eigenvalue weighted by Crippen LogP contribution is 2.36. The second-order valence-corrected chi connectivity index (χ2v) is 11.8. The second kappa shape index (κ2) is 11.5. The Balaban J connectivity index is 1.19. The average molecular weight is 589 g/mol. The molecule has 0 radical (unpaired) electrons. The number of thiazole rings is 1. The fourth-order valence-electron chi connectivity index (χ4n) is 4.12. The molecule has 40 heavy (non-hydrogen) atoms. The molecule has 0 spiro atoms. The summed E-state index contributed by atoms with van der Waals surface area (Å²) in [7, 11) is -4.38. The molecule has 202 valence electrons. The number of carbonyl (C=O) groups excluding carboxylic acids is 1. The summed E-state index contributed by atoms with van der Waals surface area (Å²) in [5.74, 6) is -0.164. The van der Waals surface area contributed by atoms with Crippen molar-refractivity contribution in [2.75, 3.05) is 16.0 Å². The topological polar surface area (TPSA) is 120 Å². The van der Waals surface area contributed by atoms with E-state index in [9.17, 15) is 17.8 Å². The molecule has 0 aliphatic heterocycles. The molecule has 1 amide bonds. The molecule has 0 saturated carbocycles. The van der Waals surface area contributed by atoms with Crippen molar-refractivity contribution in [3.8, 4) is 10.6 Å². The number of carbonyl (C=O) groups is 1. The number of hydrogen-bond acceptors (Lipinski definition) is 6. The van der Waals surface area contributed by atoms with Crippen LogP contribution in [-0.4, -0.2) is 29.0 Å². The van der Waals surface area contributed by atoms with Gasteiger partial charge in [0, 0.05) is 22.6 Å². The first-order valence-corrected chi connectivity index (χ1v) is 14.8. The summed E-state index contributed by atoms with van der Waals surface area (Å²) < 4.78 is 33.9. The molecule has 4 aromatic carbocycles. The van der Waals surface area contributed by atoms with E-state index < -0.39 is 10.1 Å². The van der Waals surface area contributed by atoms with Gasteiger partial charge in [-0.15, -0.1) is 11.3 Å². The summed E-state index contributed by atoms with van der Waals surface area (Å²) >= 11 is 6.54. The number of thiocarbonyl (C=S) groups is 1. The Bertz CT molecular complexity index is 1800. The van der Waals surface area contributed by atoms with Gasteiger partial charge in [0.1, 0.15) is 9.90 Å². The highest BCUT2D eigenvalue weighted by Gasteiger charge is 2.20. The van der Waals surface area contributed by atoms with Crippen LogP contribution >= 0.6 is 23.6 Å². The van der Waals surface area contributed by atoms with Crippen molar-refractivity contribution in [3.05, 3.63) is 102 Å². The Labute approximate surface area is 240 Å². The number of aromatic nitrogens is 1. The van der Waals surface area contributed by atoms with Crippen LogP contribution < -0.4 is 16.0 Å². The van der Waals surface area contributed by atoms with Gasteiger partial charge in [0.25, 0.3) is 10.1 Å². The number of hydrogen-bond donors (Lipinski definition) is 4. The summed E-state index contributed by atoms with van der Waals surface area (Å²) in [4.78, 5) is 17.0. The molecule has 0 atom stereocenters. The normalized spacial score (nSPS) is 11.2. The monoisotopic (exact) mass is 588 g/mol. The molecule has 0 aliphatic carbocycles. The summed E-state index contributed by atoms with van der Waals surface area (Å²) in [6.07, 6.45) is 0.199. The summed E-state index contributed by atoms with van der Waals surface area (Å²) in [6.45, 7) is 1.63. The number of nitrogens with one attached hydrogen (secondary N) is 3. The van der Waals surface area contributed by atoms with Crippen molar-refractivity contribution in [1.82, 2.24) is 4.98 Å². The van der Waals surface area contributed by atoms with Crippen molar-refractivity contribution >= 4 is 72.0 Å². The van der Waals surface area contributed by atoms with Gasteiger partial charge in [0.05, 0.1) is 16.6 Å². The number of para-hydroxylation sites is 1. The molecule has 0 saturated heterocycles. The molecular formula is C29H24N4O4S3. The van der Waals surface area contributed by atoms with Gasteiger partial charge in [-0.05, 0) is 84.9 Å². The fraction of sp³-hybridized carbons (Fsp3) is 0.0690. The smallest absolute Gasteiger partial charge is 0.296 e. The number of rotatable bonds is 7. The van der Waals surface area contributed by atoms with Crippen LogP contribution in [0, 0.1) is 6.92 Å². The number of amides is 1.